The number of aryl methyl sites for hydroxylation is 1. The van der Waals surface area contributed by atoms with Crippen molar-refractivity contribution in [2.75, 3.05) is 12.4 Å². The molecule has 0 aliphatic heterocycles. The average Bonchev–Trinajstić information content (AvgIpc) is 3.06. The summed E-state index contributed by atoms with van der Waals surface area (Å²) in [6, 6.07) is 16.6. The fourth-order valence-electron chi connectivity index (χ4n) is 2.64. The van der Waals surface area contributed by atoms with Crippen molar-refractivity contribution < 1.29 is 14.3 Å². The van der Waals surface area contributed by atoms with Crippen LogP contribution in [0.3, 0.4) is 0 Å². The molecule has 0 atom stereocenters. The van der Waals surface area contributed by atoms with Gasteiger partial charge in [0.05, 0.1) is 12.8 Å². The second kappa shape index (κ2) is 8.60. The highest BCUT2D eigenvalue weighted by molar-refractivity contribution is 7.16. The van der Waals surface area contributed by atoms with Gasteiger partial charge in [-0.05, 0) is 31.2 Å². The number of carbonyl (C=O) groups excluding carboxylic acids is 2. The van der Waals surface area contributed by atoms with Crippen molar-refractivity contribution >= 4 is 28.2 Å². The Balaban J connectivity index is 1.60. The third kappa shape index (κ3) is 4.80. The number of aromatic nitrogens is 1. The van der Waals surface area contributed by atoms with E-state index in [1.807, 2.05) is 49.4 Å². The standard InChI is InChI=1S/C21H20N2O3S/c1-14-20(16-8-10-17(26-2)11-9-16)23-21(27-14)22-19(25)13-12-18(24)15-6-4-3-5-7-15/h3-11H,12-13H2,1-2H3,(H,22,23,25). The minimum Gasteiger partial charge on any atom is -0.497 e. The van der Waals surface area contributed by atoms with Gasteiger partial charge in [0.1, 0.15) is 5.75 Å². The van der Waals surface area contributed by atoms with Gasteiger partial charge in [0.2, 0.25) is 5.91 Å². The molecule has 0 saturated carbocycles. The molecule has 2 aromatic carbocycles. The lowest BCUT2D eigenvalue weighted by atomic mass is 10.1. The third-order valence-electron chi connectivity index (χ3n) is 4.08. The number of anilines is 1. The summed E-state index contributed by atoms with van der Waals surface area (Å²) in [5.41, 5.74) is 2.42. The lowest BCUT2D eigenvalue weighted by Gasteiger charge is -2.03. The van der Waals surface area contributed by atoms with E-state index in [-0.39, 0.29) is 24.5 Å². The maximum absolute atomic E-state index is 12.2. The van der Waals surface area contributed by atoms with Gasteiger partial charge in [0, 0.05) is 28.8 Å². The molecule has 138 valence electrons. The first kappa shape index (κ1) is 18.8. The molecule has 0 radical (unpaired) electrons. The van der Waals surface area contributed by atoms with Gasteiger partial charge in [-0.15, -0.1) is 11.3 Å². The zero-order chi connectivity index (χ0) is 19.2. The summed E-state index contributed by atoms with van der Waals surface area (Å²) < 4.78 is 5.17. The molecule has 0 saturated heterocycles. The van der Waals surface area contributed by atoms with Crippen LogP contribution in [-0.2, 0) is 4.79 Å². The van der Waals surface area contributed by atoms with Crippen LogP contribution in [0.1, 0.15) is 28.1 Å². The second-order valence-corrected chi connectivity index (χ2v) is 7.19. The predicted octanol–water partition coefficient (Wildman–Crippen LogP) is 4.73. The summed E-state index contributed by atoms with van der Waals surface area (Å²) in [7, 11) is 1.62. The topological polar surface area (TPSA) is 68.3 Å². The number of Topliss-reactive ketones (excluding diaryl/α,β-unsaturated/α-hetero) is 1. The van der Waals surface area contributed by atoms with Crippen LogP contribution in [0.25, 0.3) is 11.3 Å². The average molecular weight is 380 g/mol. The van der Waals surface area contributed by atoms with Crippen LogP contribution in [0.2, 0.25) is 0 Å². The van der Waals surface area contributed by atoms with E-state index in [9.17, 15) is 9.59 Å². The molecule has 1 heterocycles. The molecular weight excluding hydrogens is 360 g/mol. The minimum atomic E-state index is -0.214. The highest BCUT2D eigenvalue weighted by Crippen LogP contribution is 2.31. The number of carbonyl (C=O) groups is 2. The highest BCUT2D eigenvalue weighted by atomic mass is 32.1. The first-order valence-electron chi connectivity index (χ1n) is 8.57. The molecular formula is C21H20N2O3S. The number of nitrogens with zero attached hydrogens (tertiary/aromatic N) is 1. The largest absolute Gasteiger partial charge is 0.497 e. The van der Waals surface area contributed by atoms with Crippen molar-refractivity contribution in [3.05, 3.63) is 65.0 Å². The summed E-state index contributed by atoms with van der Waals surface area (Å²) in [6.07, 6.45) is 0.301. The number of nitrogens with one attached hydrogen (secondary N) is 1. The molecule has 3 aromatic rings. The van der Waals surface area contributed by atoms with Gasteiger partial charge in [0.25, 0.3) is 0 Å². The number of hydrogen-bond donors (Lipinski definition) is 1. The lowest BCUT2D eigenvalue weighted by molar-refractivity contribution is -0.116. The number of methoxy groups -OCH3 is 1. The summed E-state index contributed by atoms with van der Waals surface area (Å²) in [5, 5.41) is 3.33. The molecule has 1 aromatic heterocycles. The zero-order valence-corrected chi connectivity index (χ0v) is 16.0. The molecule has 1 amide bonds. The Morgan fingerprint density at radius 1 is 1.04 bits per heavy atom. The van der Waals surface area contributed by atoms with Gasteiger partial charge in [-0.3, -0.25) is 9.59 Å². The Morgan fingerprint density at radius 2 is 1.74 bits per heavy atom. The number of ketones is 1. The van der Waals surface area contributed by atoms with E-state index in [1.54, 1.807) is 19.2 Å². The molecule has 1 N–H and O–H groups in total. The predicted molar refractivity (Wildman–Crippen MR) is 107 cm³/mol. The van der Waals surface area contributed by atoms with Crippen LogP contribution in [0.15, 0.2) is 54.6 Å². The lowest BCUT2D eigenvalue weighted by Crippen LogP contribution is -2.13. The summed E-state index contributed by atoms with van der Waals surface area (Å²) in [6.45, 7) is 1.96. The van der Waals surface area contributed by atoms with Crippen molar-refractivity contribution in [1.29, 1.82) is 0 Å². The Hall–Kier alpha value is -2.99. The summed E-state index contributed by atoms with van der Waals surface area (Å²) >= 11 is 1.42. The normalized spacial score (nSPS) is 10.4. The van der Waals surface area contributed by atoms with E-state index in [2.05, 4.69) is 10.3 Å². The third-order valence-corrected chi connectivity index (χ3v) is 4.97. The Labute approximate surface area is 162 Å². The van der Waals surface area contributed by atoms with Gasteiger partial charge >= 0.3 is 0 Å². The first-order chi connectivity index (χ1) is 13.1. The molecule has 0 unspecified atom stereocenters. The fraction of sp³-hybridized carbons (Fsp3) is 0.190. The zero-order valence-electron chi connectivity index (χ0n) is 15.2. The molecule has 5 nitrogen and oxygen atoms in total. The number of thiazole rings is 1. The smallest absolute Gasteiger partial charge is 0.226 e. The van der Waals surface area contributed by atoms with Gasteiger partial charge in [-0.25, -0.2) is 4.98 Å². The first-order valence-corrected chi connectivity index (χ1v) is 9.38. The highest BCUT2D eigenvalue weighted by Gasteiger charge is 2.14. The number of amides is 1. The number of ether oxygens (including phenoxy) is 1. The molecule has 0 aliphatic carbocycles. The van der Waals surface area contributed by atoms with E-state index < -0.39 is 0 Å². The van der Waals surface area contributed by atoms with Crippen molar-refractivity contribution in [2.24, 2.45) is 0 Å². The van der Waals surface area contributed by atoms with Crippen LogP contribution >= 0.6 is 11.3 Å². The Morgan fingerprint density at radius 3 is 2.41 bits per heavy atom. The van der Waals surface area contributed by atoms with Gasteiger partial charge in [0.15, 0.2) is 10.9 Å². The summed E-state index contributed by atoms with van der Waals surface area (Å²) in [5.74, 6) is 0.526. The van der Waals surface area contributed by atoms with E-state index in [4.69, 9.17) is 4.74 Å². The van der Waals surface area contributed by atoms with Crippen molar-refractivity contribution in [1.82, 2.24) is 4.98 Å². The summed E-state index contributed by atoms with van der Waals surface area (Å²) in [4.78, 5) is 29.8. The van der Waals surface area contributed by atoms with Crippen molar-refractivity contribution in [3.63, 3.8) is 0 Å². The molecule has 27 heavy (non-hydrogen) atoms. The van der Waals surface area contributed by atoms with Crippen molar-refractivity contribution in [3.8, 4) is 17.0 Å². The van der Waals surface area contributed by atoms with Crippen LogP contribution in [0.4, 0.5) is 5.13 Å². The van der Waals surface area contributed by atoms with Gasteiger partial charge in [-0.2, -0.15) is 0 Å². The minimum absolute atomic E-state index is 0.0417. The van der Waals surface area contributed by atoms with Gasteiger partial charge < -0.3 is 10.1 Å². The maximum atomic E-state index is 12.2. The maximum Gasteiger partial charge on any atom is 0.226 e. The Bertz CT molecular complexity index is 934. The second-order valence-electron chi connectivity index (χ2n) is 5.99. The monoisotopic (exact) mass is 380 g/mol. The molecule has 0 aliphatic rings. The van der Waals surface area contributed by atoms with Crippen LogP contribution < -0.4 is 10.1 Å². The van der Waals surface area contributed by atoms with E-state index in [0.29, 0.717) is 10.7 Å². The number of hydrogen-bond acceptors (Lipinski definition) is 5. The van der Waals surface area contributed by atoms with Crippen LogP contribution in [-0.4, -0.2) is 23.8 Å². The Kier molecular flexibility index (Phi) is 5.98. The van der Waals surface area contributed by atoms with E-state index in [1.165, 1.54) is 11.3 Å². The molecule has 0 fully saturated rings. The molecule has 3 rings (SSSR count). The quantitative estimate of drug-likeness (QED) is 0.602. The number of rotatable bonds is 7. The SMILES string of the molecule is COc1ccc(-c2nc(NC(=O)CCC(=O)c3ccccc3)sc2C)cc1. The molecule has 0 spiro atoms. The van der Waals surface area contributed by atoms with Crippen LogP contribution in [0, 0.1) is 6.92 Å². The molecule has 0 bridgehead atoms. The number of benzene rings is 2. The van der Waals surface area contributed by atoms with E-state index in [0.717, 1.165) is 21.9 Å². The van der Waals surface area contributed by atoms with Gasteiger partial charge in [-0.1, -0.05) is 30.3 Å². The van der Waals surface area contributed by atoms with Crippen LogP contribution in [0.5, 0.6) is 5.75 Å². The van der Waals surface area contributed by atoms with E-state index >= 15 is 0 Å². The molecule has 6 heteroatoms. The van der Waals surface area contributed by atoms with Crippen molar-refractivity contribution in [2.45, 2.75) is 19.8 Å². The fourth-order valence-corrected chi connectivity index (χ4v) is 3.50.